The second-order valence-corrected chi connectivity index (χ2v) is 12.1. The van der Waals surface area contributed by atoms with E-state index in [2.05, 4.69) is 10.6 Å². The summed E-state index contributed by atoms with van der Waals surface area (Å²) in [5, 5.41) is 5.25. The van der Waals surface area contributed by atoms with Gasteiger partial charge in [-0.05, 0) is 75.7 Å². The van der Waals surface area contributed by atoms with Crippen LogP contribution in [0.1, 0.15) is 34.1 Å². The van der Waals surface area contributed by atoms with E-state index in [1.54, 1.807) is 62.4 Å². The second kappa shape index (κ2) is 14.1. The number of carbonyl (C=O) groups is 2. The Hall–Kier alpha value is -2.80. The molecule has 0 bridgehead atoms. The van der Waals surface area contributed by atoms with Crippen LogP contribution in [0.3, 0.4) is 0 Å². The maximum absolute atomic E-state index is 11.6. The van der Waals surface area contributed by atoms with Gasteiger partial charge in [-0.15, -0.1) is 0 Å². The summed E-state index contributed by atoms with van der Waals surface area (Å²) < 4.78 is 50.2. The van der Waals surface area contributed by atoms with Crippen molar-refractivity contribution in [3.63, 3.8) is 0 Å². The molecule has 0 radical (unpaired) electrons. The topological polar surface area (TPSA) is 151 Å². The molecule has 0 fully saturated rings. The molecule has 0 aliphatic heterocycles. The number of carbonyl (C=O) groups excluding carboxylic acids is 2. The lowest BCUT2D eigenvalue weighted by molar-refractivity contribution is 0.255. The Balaban J connectivity index is 0.000000360. The van der Waals surface area contributed by atoms with Gasteiger partial charge in [-0.1, -0.05) is 36.2 Å². The predicted molar refractivity (Wildman–Crippen MR) is 144 cm³/mol. The SMILES string of the molecule is CC=C(C)S(=O)(=O)NC(=O)Nc1ccc(Cl)cc1.CCC(C)S(=O)(=O)NC(=O)Nc1ccc(Cl)cc1. The Morgan fingerprint density at radius 1 is 0.833 bits per heavy atom. The summed E-state index contributed by atoms with van der Waals surface area (Å²) in [6.07, 6.45) is 1.83. The summed E-state index contributed by atoms with van der Waals surface area (Å²) in [5.74, 6) is 0. The van der Waals surface area contributed by atoms with Crippen molar-refractivity contribution in [2.75, 3.05) is 10.6 Å². The minimum atomic E-state index is -3.76. The summed E-state index contributed by atoms with van der Waals surface area (Å²) in [6, 6.07) is 11.1. The summed E-state index contributed by atoms with van der Waals surface area (Å²) in [5.41, 5.74) is 0.918. The highest BCUT2D eigenvalue weighted by Crippen LogP contribution is 2.14. The average molecular weight is 580 g/mol. The zero-order valence-corrected chi connectivity index (χ0v) is 23.1. The van der Waals surface area contributed by atoms with Gasteiger partial charge in [0, 0.05) is 21.4 Å². The molecule has 0 aliphatic carbocycles. The highest BCUT2D eigenvalue weighted by molar-refractivity contribution is 7.93. The van der Waals surface area contributed by atoms with Gasteiger partial charge in [0.25, 0.3) is 10.0 Å². The largest absolute Gasteiger partial charge is 0.333 e. The first kappa shape index (κ1) is 31.2. The molecular weight excluding hydrogens is 551 g/mol. The molecule has 36 heavy (non-hydrogen) atoms. The first-order chi connectivity index (χ1) is 16.7. The Labute approximate surface area is 221 Å². The molecule has 10 nitrogen and oxygen atoms in total. The van der Waals surface area contributed by atoms with Crippen molar-refractivity contribution in [2.45, 2.75) is 39.4 Å². The minimum absolute atomic E-state index is 0.0776. The smallest absolute Gasteiger partial charge is 0.307 e. The fraction of sp³-hybridized carbons (Fsp3) is 0.273. The molecule has 0 saturated carbocycles. The second-order valence-electron chi connectivity index (χ2n) is 7.29. The third-order valence-corrected chi connectivity index (χ3v) is 8.51. The lowest BCUT2D eigenvalue weighted by Crippen LogP contribution is -2.39. The number of anilines is 2. The van der Waals surface area contributed by atoms with Gasteiger partial charge < -0.3 is 10.6 Å². The Bertz CT molecular complexity index is 1280. The van der Waals surface area contributed by atoms with Gasteiger partial charge in [0.15, 0.2) is 0 Å². The van der Waals surface area contributed by atoms with Gasteiger partial charge in [-0.3, -0.25) is 0 Å². The number of nitrogens with one attached hydrogen (secondary N) is 4. The molecule has 0 aliphatic rings. The number of rotatable bonds is 7. The first-order valence-electron chi connectivity index (χ1n) is 10.5. The van der Waals surface area contributed by atoms with E-state index in [-0.39, 0.29) is 4.91 Å². The van der Waals surface area contributed by atoms with Crippen LogP contribution in [-0.2, 0) is 20.0 Å². The van der Waals surface area contributed by atoms with Crippen molar-refractivity contribution in [3.05, 3.63) is 69.6 Å². The number of urea groups is 2. The van der Waals surface area contributed by atoms with Gasteiger partial charge in [0.05, 0.1) is 10.2 Å². The molecule has 0 aromatic heterocycles. The van der Waals surface area contributed by atoms with E-state index in [9.17, 15) is 26.4 Å². The minimum Gasteiger partial charge on any atom is -0.307 e. The lowest BCUT2D eigenvalue weighted by atomic mass is 10.3. The molecule has 1 unspecified atom stereocenters. The van der Waals surface area contributed by atoms with Crippen molar-refractivity contribution >= 4 is 66.7 Å². The standard InChI is InChI=1S/C11H15ClN2O3S.C11H13ClN2O3S/c2*1-3-8(2)18(16,17)14-11(15)13-10-6-4-9(12)5-7-10/h4-8H,3H2,1-2H3,(H2,13,14,15);3-7H,1-2H3,(H2,13,14,15). The quantitative estimate of drug-likeness (QED) is 0.349. The Kier molecular flexibility index (Phi) is 12.2. The molecule has 2 rings (SSSR count). The van der Waals surface area contributed by atoms with Crippen molar-refractivity contribution in [1.82, 2.24) is 9.44 Å². The van der Waals surface area contributed by atoms with Gasteiger partial charge in [0.2, 0.25) is 10.0 Å². The molecule has 0 spiro atoms. The zero-order chi connectivity index (χ0) is 27.5. The monoisotopic (exact) mass is 578 g/mol. The molecule has 2 aromatic carbocycles. The van der Waals surface area contributed by atoms with E-state index in [0.29, 0.717) is 27.8 Å². The third-order valence-electron chi connectivity index (χ3n) is 4.60. The van der Waals surface area contributed by atoms with Crippen LogP contribution < -0.4 is 20.1 Å². The van der Waals surface area contributed by atoms with Crippen LogP contribution in [0.2, 0.25) is 10.0 Å². The van der Waals surface area contributed by atoms with Crippen LogP contribution in [0.4, 0.5) is 21.0 Å². The van der Waals surface area contributed by atoms with Crippen LogP contribution in [0.25, 0.3) is 0 Å². The molecular formula is C22H28Cl2N4O6S2. The highest BCUT2D eigenvalue weighted by atomic mass is 35.5. The van der Waals surface area contributed by atoms with Crippen LogP contribution in [0.5, 0.6) is 0 Å². The predicted octanol–water partition coefficient (Wildman–Crippen LogP) is 5.30. The average Bonchev–Trinajstić information content (AvgIpc) is 2.80. The van der Waals surface area contributed by atoms with Gasteiger partial charge in [0.1, 0.15) is 0 Å². The van der Waals surface area contributed by atoms with E-state index in [4.69, 9.17) is 23.2 Å². The maximum Gasteiger partial charge on any atom is 0.333 e. The number of hydrogen-bond donors (Lipinski definition) is 4. The first-order valence-corrected chi connectivity index (χ1v) is 14.3. The van der Waals surface area contributed by atoms with E-state index in [0.717, 1.165) is 0 Å². The highest BCUT2D eigenvalue weighted by Gasteiger charge is 2.21. The van der Waals surface area contributed by atoms with E-state index >= 15 is 0 Å². The summed E-state index contributed by atoms with van der Waals surface area (Å²) in [7, 11) is -7.39. The number of benzene rings is 2. The maximum atomic E-state index is 11.6. The van der Waals surface area contributed by atoms with Crippen LogP contribution >= 0.6 is 23.2 Å². The Morgan fingerprint density at radius 3 is 1.58 bits per heavy atom. The normalized spacial score (nSPS) is 12.4. The lowest BCUT2D eigenvalue weighted by Gasteiger charge is -2.12. The molecule has 14 heteroatoms. The van der Waals surface area contributed by atoms with E-state index < -0.39 is 37.4 Å². The number of allylic oxidation sites excluding steroid dienone is 2. The Morgan fingerprint density at radius 2 is 1.22 bits per heavy atom. The molecule has 2 aromatic rings. The third kappa shape index (κ3) is 10.9. The van der Waals surface area contributed by atoms with Gasteiger partial charge >= 0.3 is 12.1 Å². The van der Waals surface area contributed by atoms with Crippen molar-refractivity contribution < 1.29 is 26.4 Å². The summed E-state index contributed by atoms with van der Waals surface area (Å²) in [4.78, 5) is 23.0. The number of amides is 4. The van der Waals surface area contributed by atoms with Crippen LogP contribution in [0.15, 0.2) is 59.5 Å². The number of sulfonamides is 2. The fourth-order valence-electron chi connectivity index (χ4n) is 2.19. The van der Waals surface area contributed by atoms with E-state index in [1.165, 1.54) is 19.9 Å². The molecule has 1 atom stereocenters. The fourth-order valence-corrected chi connectivity index (χ4v) is 4.15. The summed E-state index contributed by atoms with van der Waals surface area (Å²) in [6.45, 7) is 6.25. The molecule has 0 heterocycles. The van der Waals surface area contributed by atoms with Gasteiger partial charge in [-0.2, -0.15) is 0 Å². The van der Waals surface area contributed by atoms with Crippen molar-refractivity contribution in [2.24, 2.45) is 0 Å². The molecule has 198 valence electrons. The molecule has 0 saturated heterocycles. The van der Waals surface area contributed by atoms with Crippen LogP contribution in [-0.4, -0.2) is 34.1 Å². The molecule has 4 N–H and O–H groups in total. The number of hydrogen-bond acceptors (Lipinski definition) is 6. The number of halogens is 2. The summed E-state index contributed by atoms with van der Waals surface area (Å²) >= 11 is 11.4. The van der Waals surface area contributed by atoms with Crippen molar-refractivity contribution in [3.8, 4) is 0 Å². The van der Waals surface area contributed by atoms with E-state index in [1.807, 2.05) is 9.44 Å². The van der Waals surface area contributed by atoms with Gasteiger partial charge in [-0.25, -0.2) is 35.9 Å². The molecule has 4 amide bonds. The zero-order valence-electron chi connectivity index (χ0n) is 20.0. The van der Waals surface area contributed by atoms with Crippen LogP contribution in [0, 0.1) is 0 Å². The van der Waals surface area contributed by atoms with Crippen molar-refractivity contribution in [1.29, 1.82) is 0 Å².